The van der Waals surface area contributed by atoms with Crippen LogP contribution >= 0.6 is 0 Å². The Bertz CT molecular complexity index is 695. The Kier molecular flexibility index (Phi) is 8.02. The summed E-state index contributed by atoms with van der Waals surface area (Å²) in [7, 11) is 1.66. The van der Waals surface area contributed by atoms with Gasteiger partial charge >= 0.3 is 0 Å². The van der Waals surface area contributed by atoms with E-state index in [4.69, 9.17) is 9.47 Å². The monoisotopic (exact) mass is 402 g/mol. The molecule has 1 saturated carbocycles. The fourth-order valence-corrected chi connectivity index (χ4v) is 3.83. The molecule has 1 amide bonds. The van der Waals surface area contributed by atoms with Crippen molar-refractivity contribution >= 4 is 11.9 Å². The van der Waals surface area contributed by atoms with Crippen molar-refractivity contribution < 1.29 is 14.3 Å². The fraction of sp³-hybridized carbons (Fsp3) is 0.636. The molecule has 1 aromatic rings. The summed E-state index contributed by atoms with van der Waals surface area (Å²) in [6, 6.07) is 5.88. The second-order valence-electron chi connectivity index (χ2n) is 7.63. The van der Waals surface area contributed by atoms with E-state index in [1.165, 1.54) is 12.8 Å². The van der Waals surface area contributed by atoms with Crippen LogP contribution in [0.2, 0.25) is 0 Å². The minimum Gasteiger partial charge on any atom is -0.497 e. The predicted octanol–water partition coefficient (Wildman–Crippen LogP) is 2.69. The van der Waals surface area contributed by atoms with Crippen molar-refractivity contribution in [2.75, 3.05) is 33.3 Å². The van der Waals surface area contributed by atoms with Crippen LogP contribution in [0.1, 0.15) is 51.0 Å². The quantitative estimate of drug-likeness (QED) is 0.517. The molecular weight excluding hydrogens is 368 g/mol. The van der Waals surface area contributed by atoms with Crippen LogP contribution in [-0.2, 0) is 11.3 Å². The predicted molar refractivity (Wildman–Crippen MR) is 115 cm³/mol. The normalized spacial score (nSPS) is 17.4. The number of nitrogens with one attached hydrogen (secondary N) is 2. The van der Waals surface area contributed by atoms with Crippen molar-refractivity contribution in [3.63, 3.8) is 0 Å². The van der Waals surface area contributed by atoms with Crippen molar-refractivity contribution in [1.29, 1.82) is 0 Å². The number of hydrogen-bond donors (Lipinski definition) is 2. The van der Waals surface area contributed by atoms with Crippen molar-refractivity contribution in [2.45, 2.75) is 58.1 Å². The zero-order chi connectivity index (χ0) is 20.5. The van der Waals surface area contributed by atoms with Crippen LogP contribution in [-0.4, -0.2) is 56.2 Å². The molecule has 0 spiro atoms. The first-order valence-corrected chi connectivity index (χ1v) is 10.8. The van der Waals surface area contributed by atoms with Crippen LogP contribution in [0, 0.1) is 0 Å². The Morgan fingerprint density at radius 2 is 1.93 bits per heavy atom. The molecule has 3 rings (SSSR count). The van der Waals surface area contributed by atoms with Crippen molar-refractivity contribution in [1.82, 2.24) is 15.5 Å². The second-order valence-corrected chi connectivity index (χ2v) is 7.63. The molecule has 1 heterocycles. The van der Waals surface area contributed by atoms with Gasteiger partial charge in [0.15, 0.2) is 5.96 Å². The van der Waals surface area contributed by atoms with Gasteiger partial charge in [-0.25, -0.2) is 4.99 Å². The molecular formula is C22H34N4O3. The average molecular weight is 403 g/mol. The Morgan fingerprint density at radius 3 is 2.62 bits per heavy atom. The SMILES string of the molecule is CCNC(=NCc1ccc(OC)cc1OC1CCCC1)NCC(=O)N1CCCC1. The maximum Gasteiger partial charge on any atom is 0.241 e. The summed E-state index contributed by atoms with van der Waals surface area (Å²) in [6.07, 6.45) is 7.12. The summed E-state index contributed by atoms with van der Waals surface area (Å²) < 4.78 is 11.6. The van der Waals surface area contributed by atoms with Gasteiger partial charge < -0.3 is 25.0 Å². The van der Waals surface area contributed by atoms with E-state index in [1.807, 2.05) is 30.0 Å². The number of carbonyl (C=O) groups excluding carboxylic acids is 1. The van der Waals surface area contributed by atoms with Crippen molar-refractivity contribution in [3.05, 3.63) is 23.8 Å². The minimum absolute atomic E-state index is 0.128. The molecule has 1 saturated heterocycles. The van der Waals surface area contributed by atoms with Gasteiger partial charge in [0.2, 0.25) is 5.91 Å². The standard InChI is InChI=1S/C22H34N4O3/c1-3-23-22(25-16-21(27)26-12-6-7-13-26)24-15-17-10-11-19(28-2)14-20(17)29-18-8-4-5-9-18/h10-11,14,18H,3-9,12-13,15-16H2,1-2H3,(H2,23,24,25). The Morgan fingerprint density at radius 1 is 1.17 bits per heavy atom. The zero-order valence-corrected chi connectivity index (χ0v) is 17.7. The van der Waals surface area contributed by atoms with Gasteiger partial charge in [0.05, 0.1) is 26.3 Å². The van der Waals surface area contributed by atoms with Crippen LogP contribution in [0.15, 0.2) is 23.2 Å². The molecule has 7 nitrogen and oxygen atoms in total. The maximum absolute atomic E-state index is 12.3. The topological polar surface area (TPSA) is 75.2 Å². The van der Waals surface area contributed by atoms with Gasteiger partial charge in [0.1, 0.15) is 11.5 Å². The number of nitrogens with zero attached hydrogens (tertiary/aromatic N) is 2. The number of aliphatic imine (C=N–C) groups is 1. The zero-order valence-electron chi connectivity index (χ0n) is 17.7. The number of ether oxygens (including phenoxy) is 2. The second kappa shape index (κ2) is 10.9. The Labute approximate surface area is 173 Å². The summed E-state index contributed by atoms with van der Waals surface area (Å²) in [5.74, 6) is 2.39. The largest absolute Gasteiger partial charge is 0.497 e. The average Bonchev–Trinajstić information content (AvgIpc) is 3.44. The molecule has 1 aromatic carbocycles. The number of amides is 1. The third-order valence-corrected chi connectivity index (χ3v) is 5.49. The number of benzene rings is 1. The summed E-state index contributed by atoms with van der Waals surface area (Å²) in [6.45, 7) is 5.21. The lowest BCUT2D eigenvalue weighted by Crippen LogP contribution is -2.44. The molecule has 0 atom stereocenters. The number of likely N-dealkylation sites (tertiary alicyclic amines) is 1. The summed E-state index contributed by atoms with van der Waals surface area (Å²) in [4.78, 5) is 18.9. The molecule has 2 aliphatic rings. The first-order chi connectivity index (χ1) is 14.2. The third kappa shape index (κ3) is 6.27. The Balaban J connectivity index is 1.64. The van der Waals surface area contributed by atoms with Gasteiger partial charge in [-0.15, -0.1) is 0 Å². The fourth-order valence-electron chi connectivity index (χ4n) is 3.83. The van der Waals surface area contributed by atoms with E-state index in [0.717, 1.165) is 62.4 Å². The number of rotatable bonds is 8. The molecule has 1 aliphatic carbocycles. The van der Waals surface area contributed by atoms with E-state index in [9.17, 15) is 4.79 Å². The van der Waals surface area contributed by atoms with Gasteiger partial charge in [0.25, 0.3) is 0 Å². The number of carbonyl (C=O) groups is 1. The molecule has 160 valence electrons. The molecule has 29 heavy (non-hydrogen) atoms. The van der Waals surface area contributed by atoms with Crippen molar-refractivity contribution in [3.8, 4) is 11.5 Å². The molecule has 1 aliphatic heterocycles. The van der Waals surface area contributed by atoms with E-state index in [1.54, 1.807) is 7.11 Å². The van der Waals surface area contributed by atoms with E-state index >= 15 is 0 Å². The molecule has 0 aromatic heterocycles. The van der Waals surface area contributed by atoms with Crippen molar-refractivity contribution in [2.24, 2.45) is 4.99 Å². The Hall–Kier alpha value is -2.44. The van der Waals surface area contributed by atoms with Crippen LogP contribution in [0.5, 0.6) is 11.5 Å². The van der Waals surface area contributed by atoms with E-state index < -0.39 is 0 Å². The number of hydrogen-bond acceptors (Lipinski definition) is 4. The number of methoxy groups -OCH3 is 1. The highest BCUT2D eigenvalue weighted by molar-refractivity contribution is 5.86. The smallest absolute Gasteiger partial charge is 0.241 e. The van der Waals surface area contributed by atoms with Gasteiger partial charge in [-0.3, -0.25) is 4.79 Å². The summed E-state index contributed by atoms with van der Waals surface area (Å²) in [5, 5.41) is 6.38. The van der Waals surface area contributed by atoms with E-state index in [2.05, 4.69) is 15.6 Å². The lowest BCUT2D eigenvalue weighted by molar-refractivity contribution is -0.128. The summed E-state index contributed by atoms with van der Waals surface area (Å²) >= 11 is 0. The molecule has 2 fully saturated rings. The molecule has 7 heteroatoms. The summed E-state index contributed by atoms with van der Waals surface area (Å²) in [5.41, 5.74) is 1.01. The highest BCUT2D eigenvalue weighted by atomic mass is 16.5. The minimum atomic E-state index is 0.128. The highest BCUT2D eigenvalue weighted by Crippen LogP contribution is 2.30. The first kappa shape index (κ1) is 21.3. The third-order valence-electron chi connectivity index (χ3n) is 5.49. The lowest BCUT2D eigenvalue weighted by Gasteiger charge is -2.18. The van der Waals surface area contributed by atoms with E-state index in [-0.39, 0.29) is 18.6 Å². The van der Waals surface area contributed by atoms with Crippen LogP contribution in [0.25, 0.3) is 0 Å². The molecule has 0 bridgehead atoms. The van der Waals surface area contributed by atoms with Gasteiger partial charge in [0, 0.05) is 31.3 Å². The van der Waals surface area contributed by atoms with Gasteiger partial charge in [-0.2, -0.15) is 0 Å². The van der Waals surface area contributed by atoms with Gasteiger partial charge in [-0.1, -0.05) is 0 Å². The molecule has 2 N–H and O–H groups in total. The van der Waals surface area contributed by atoms with E-state index in [0.29, 0.717) is 12.5 Å². The first-order valence-electron chi connectivity index (χ1n) is 10.8. The molecule has 0 unspecified atom stereocenters. The molecule has 0 radical (unpaired) electrons. The van der Waals surface area contributed by atoms with Crippen LogP contribution in [0.3, 0.4) is 0 Å². The van der Waals surface area contributed by atoms with Crippen LogP contribution in [0.4, 0.5) is 0 Å². The van der Waals surface area contributed by atoms with Crippen LogP contribution < -0.4 is 20.1 Å². The number of guanidine groups is 1. The maximum atomic E-state index is 12.3. The van der Waals surface area contributed by atoms with Gasteiger partial charge in [-0.05, 0) is 57.6 Å². The lowest BCUT2D eigenvalue weighted by atomic mass is 10.2. The highest BCUT2D eigenvalue weighted by Gasteiger charge is 2.19.